The number of hydrogen-bond acceptors (Lipinski definition) is 5. The molecule has 6 nitrogen and oxygen atoms in total. The van der Waals surface area contributed by atoms with E-state index in [9.17, 15) is 19.8 Å². The Kier molecular flexibility index (Phi) is 53.5. The van der Waals surface area contributed by atoms with Crippen molar-refractivity contribution in [3.8, 4) is 0 Å². The van der Waals surface area contributed by atoms with Gasteiger partial charge >= 0.3 is 5.97 Å². The number of aliphatic hydroxyl groups is 2. The van der Waals surface area contributed by atoms with Crippen LogP contribution in [0, 0.1) is 0 Å². The molecule has 1 amide bonds. The fourth-order valence-electron chi connectivity index (χ4n) is 8.98. The predicted octanol–water partition coefficient (Wildman–Crippen LogP) is 17.9. The van der Waals surface area contributed by atoms with Crippen LogP contribution in [-0.2, 0) is 14.3 Å². The third-order valence-electron chi connectivity index (χ3n) is 13.5. The molecular formula is C59H113NO5. The number of hydrogen-bond donors (Lipinski definition) is 3. The van der Waals surface area contributed by atoms with Gasteiger partial charge in [0.25, 0.3) is 0 Å². The average Bonchev–Trinajstić information content (AvgIpc) is 3.31. The van der Waals surface area contributed by atoms with E-state index in [4.69, 9.17) is 4.74 Å². The third-order valence-corrected chi connectivity index (χ3v) is 13.5. The Bertz CT molecular complexity index is 1010. The van der Waals surface area contributed by atoms with Gasteiger partial charge in [0.1, 0.15) is 0 Å². The maximum Gasteiger partial charge on any atom is 0.305 e. The molecule has 0 saturated carbocycles. The van der Waals surface area contributed by atoms with E-state index in [1.54, 1.807) is 6.08 Å². The minimum atomic E-state index is -0.862. The summed E-state index contributed by atoms with van der Waals surface area (Å²) in [6.07, 6.45) is 66.3. The number of esters is 1. The lowest BCUT2D eigenvalue weighted by atomic mass is 10.0. The molecule has 0 fully saturated rings. The first-order valence-electron chi connectivity index (χ1n) is 29.1. The molecule has 384 valence electrons. The topological polar surface area (TPSA) is 95.9 Å². The van der Waals surface area contributed by atoms with E-state index in [0.29, 0.717) is 19.4 Å². The Morgan fingerprint density at radius 3 is 1.11 bits per heavy atom. The summed E-state index contributed by atoms with van der Waals surface area (Å²) in [7, 11) is 0. The third kappa shape index (κ3) is 51.6. The second kappa shape index (κ2) is 54.9. The van der Waals surface area contributed by atoms with E-state index < -0.39 is 12.1 Å². The van der Waals surface area contributed by atoms with Crippen LogP contribution in [0.15, 0.2) is 24.3 Å². The van der Waals surface area contributed by atoms with Crippen LogP contribution in [0.25, 0.3) is 0 Å². The summed E-state index contributed by atoms with van der Waals surface area (Å²) in [5.74, 6) is -0.108. The molecule has 6 heteroatoms. The predicted molar refractivity (Wildman–Crippen MR) is 283 cm³/mol. The molecule has 0 aliphatic carbocycles. The molecule has 0 aromatic heterocycles. The van der Waals surface area contributed by atoms with Crippen LogP contribution >= 0.6 is 0 Å². The maximum absolute atomic E-state index is 12.5. The van der Waals surface area contributed by atoms with Crippen LogP contribution in [0.1, 0.15) is 316 Å². The maximum atomic E-state index is 12.5. The van der Waals surface area contributed by atoms with Crippen molar-refractivity contribution in [1.29, 1.82) is 0 Å². The molecule has 0 aromatic rings. The van der Waals surface area contributed by atoms with Crippen molar-refractivity contribution in [2.24, 2.45) is 0 Å². The van der Waals surface area contributed by atoms with Gasteiger partial charge < -0.3 is 20.3 Å². The van der Waals surface area contributed by atoms with Crippen LogP contribution < -0.4 is 5.32 Å². The molecule has 0 saturated heterocycles. The van der Waals surface area contributed by atoms with E-state index >= 15 is 0 Å². The van der Waals surface area contributed by atoms with E-state index in [-0.39, 0.29) is 18.5 Å². The largest absolute Gasteiger partial charge is 0.466 e. The minimum Gasteiger partial charge on any atom is -0.466 e. The standard InChI is InChI=1S/C59H113NO5/c1-3-5-7-9-11-13-15-17-18-19-20-21-22-23-24-25-26-28-31-35-39-43-47-51-57(62)56(55-61)60-58(63)52-48-44-40-36-32-29-27-30-34-38-42-46-50-54-65-59(64)53-49-45-41-37-33-16-14-12-10-8-6-4-2/h29,32,47,51,56-57,61-62H,3-28,30-31,33-46,48-50,52-55H2,1-2H3,(H,60,63)/b32-29-,51-47+. The zero-order valence-corrected chi connectivity index (χ0v) is 43.7. The van der Waals surface area contributed by atoms with Gasteiger partial charge in [-0.1, -0.05) is 269 Å². The molecular weight excluding hydrogens is 803 g/mol. The number of unbranched alkanes of at least 4 members (excludes halogenated alkanes) is 41. The Balaban J connectivity index is 3.52. The lowest BCUT2D eigenvalue weighted by Crippen LogP contribution is -2.45. The van der Waals surface area contributed by atoms with Crippen molar-refractivity contribution in [2.45, 2.75) is 328 Å². The lowest BCUT2D eigenvalue weighted by molar-refractivity contribution is -0.143. The molecule has 0 spiro atoms. The Labute approximate surface area is 405 Å². The lowest BCUT2D eigenvalue weighted by Gasteiger charge is -2.19. The number of rotatable bonds is 54. The summed E-state index contributed by atoms with van der Waals surface area (Å²) in [4.78, 5) is 24.5. The highest BCUT2D eigenvalue weighted by molar-refractivity contribution is 5.76. The molecule has 0 heterocycles. The highest BCUT2D eigenvalue weighted by atomic mass is 16.5. The summed E-state index contributed by atoms with van der Waals surface area (Å²) < 4.78 is 5.45. The molecule has 0 bridgehead atoms. The first kappa shape index (κ1) is 63.3. The van der Waals surface area contributed by atoms with Crippen molar-refractivity contribution in [1.82, 2.24) is 5.32 Å². The quantitative estimate of drug-likeness (QED) is 0.0321. The second-order valence-corrected chi connectivity index (χ2v) is 20.0. The van der Waals surface area contributed by atoms with Gasteiger partial charge in [-0.15, -0.1) is 0 Å². The fraction of sp³-hybridized carbons (Fsp3) is 0.898. The summed E-state index contributed by atoms with van der Waals surface area (Å²) >= 11 is 0. The molecule has 0 rings (SSSR count). The van der Waals surface area contributed by atoms with Crippen molar-refractivity contribution < 1.29 is 24.5 Å². The summed E-state index contributed by atoms with van der Waals surface area (Å²) in [6, 6.07) is -0.648. The van der Waals surface area contributed by atoms with Crippen LogP contribution in [0.3, 0.4) is 0 Å². The van der Waals surface area contributed by atoms with Gasteiger partial charge in [0, 0.05) is 12.8 Å². The second-order valence-electron chi connectivity index (χ2n) is 20.0. The number of carbonyl (C=O) groups is 2. The fourth-order valence-corrected chi connectivity index (χ4v) is 8.98. The van der Waals surface area contributed by atoms with Gasteiger partial charge in [-0.25, -0.2) is 0 Å². The summed E-state index contributed by atoms with van der Waals surface area (Å²) in [5, 5.41) is 23.2. The molecule has 0 aliphatic heterocycles. The van der Waals surface area contributed by atoms with E-state index in [1.165, 1.54) is 218 Å². The number of nitrogens with one attached hydrogen (secondary N) is 1. The van der Waals surface area contributed by atoms with Crippen molar-refractivity contribution >= 4 is 11.9 Å². The Morgan fingerprint density at radius 1 is 0.415 bits per heavy atom. The highest BCUT2D eigenvalue weighted by Crippen LogP contribution is 2.17. The Morgan fingerprint density at radius 2 is 0.723 bits per heavy atom. The normalized spacial score (nSPS) is 12.7. The SMILES string of the molecule is CCCCCCCCCCCCCCCCCCCCCCC/C=C/C(O)C(CO)NC(=O)CCCCC/C=C\CCCCCCCCOC(=O)CCCCCCCCCCCCCC. The first-order valence-corrected chi connectivity index (χ1v) is 29.1. The van der Waals surface area contributed by atoms with Crippen LogP contribution in [0.2, 0.25) is 0 Å². The molecule has 3 N–H and O–H groups in total. The van der Waals surface area contributed by atoms with Gasteiger partial charge in [-0.2, -0.15) is 0 Å². The molecule has 0 aliphatic rings. The average molecular weight is 917 g/mol. The molecule has 0 aromatic carbocycles. The Hall–Kier alpha value is -1.66. The number of aliphatic hydroxyl groups excluding tert-OH is 2. The number of carbonyl (C=O) groups excluding carboxylic acids is 2. The van der Waals surface area contributed by atoms with Crippen molar-refractivity contribution in [3.63, 3.8) is 0 Å². The summed E-state index contributed by atoms with van der Waals surface area (Å²) in [5.41, 5.74) is 0. The van der Waals surface area contributed by atoms with E-state index in [1.807, 2.05) is 6.08 Å². The van der Waals surface area contributed by atoms with Crippen LogP contribution in [0.5, 0.6) is 0 Å². The van der Waals surface area contributed by atoms with Gasteiger partial charge in [0.15, 0.2) is 0 Å². The monoisotopic (exact) mass is 916 g/mol. The highest BCUT2D eigenvalue weighted by Gasteiger charge is 2.18. The van der Waals surface area contributed by atoms with Crippen LogP contribution in [0.4, 0.5) is 0 Å². The van der Waals surface area contributed by atoms with Gasteiger partial charge in [0.2, 0.25) is 5.91 Å². The zero-order chi connectivity index (χ0) is 47.2. The molecule has 2 unspecified atom stereocenters. The number of amides is 1. The van der Waals surface area contributed by atoms with Crippen molar-refractivity contribution in [3.05, 3.63) is 24.3 Å². The van der Waals surface area contributed by atoms with E-state index in [0.717, 1.165) is 70.6 Å². The van der Waals surface area contributed by atoms with Gasteiger partial charge in [0.05, 0.1) is 25.4 Å². The zero-order valence-electron chi connectivity index (χ0n) is 43.7. The van der Waals surface area contributed by atoms with Gasteiger partial charge in [-0.3, -0.25) is 9.59 Å². The number of allylic oxidation sites excluding steroid dienone is 3. The minimum absolute atomic E-state index is 0.0129. The first-order chi connectivity index (χ1) is 32.0. The van der Waals surface area contributed by atoms with Crippen molar-refractivity contribution in [2.75, 3.05) is 13.2 Å². The molecule has 0 radical (unpaired) electrons. The molecule has 2 atom stereocenters. The van der Waals surface area contributed by atoms with Crippen LogP contribution in [-0.4, -0.2) is 47.4 Å². The summed E-state index contributed by atoms with van der Waals surface area (Å²) in [6.45, 7) is 4.88. The van der Waals surface area contributed by atoms with E-state index in [2.05, 4.69) is 31.3 Å². The smallest absolute Gasteiger partial charge is 0.305 e. The van der Waals surface area contributed by atoms with Gasteiger partial charge in [-0.05, 0) is 57.8 Å². The number of ether oxygens (including phenoxy) is 1. The molecule has 65 heavy (non-hydrogen) atoms.